The van der Waals surface area contributed by atoms with Crippen LogP contribution in [-0.4, -0.2) is 76.5 Å². The second-order valence-electron chi connectivity index (χ2n) is 10.9. The molecule has 11 heteroatoms. The number of hydrogen-bond acceptors (Lipinski definition) is 8. The van der Waals surface area contributed by atoms with Crippen LogP contribution in [0.3, 0.4) is 0 Å². The number of rotatable bonds is 9. The summed E-state index contributed by atoms with van der Waals surface area (Å²) < 4.78 is 16.0. The van der Waals surface area contributed by atoms with Gasteiger partial charge in [0.05, 0.1) is 0 Å². The van der Waals surface area contributed by atoms with Crippen molar-refractivity contribution in [1.29, 1.82) is 0 Å². The number of carbonyl (C=O) groups is 5. The Bertz CT molecular complexity index is 1200. The molecule has 218 valence electrons. The number of nitrogens with zero attached hydrogens (tertiary/aromatic N) is 2. The van der Waals surface area contributed by atoms with Crippen molar-refractivity contribution in [3.63, 3.8) is 0 Å². The molecule has 2 saturated heterocycles. The molecular formula is C30H35N3O8. The van der Waals surface area contributed by atoms with Crippen LogP contribution < -0.4 is 5.32 Å². The average molecular weight is 566 g/mol. The van der Waals surface area contributed by atoms with Crippen molar-refractivity contribution in [2.75, 3.05) is 13.1 Å². The molecule has 0 unspecified atom stereocenters. The van der Waals surface area contributed by atoms with Gasteiger partial charge in [0.15, 0.2) is 12.1 Å². The van der Waals surface area contributed by atoms with Gasteiger partial charge >= 0.3 is 18.0 Å². The Morgan fingerprint density at radius 1 is 0.829 bits per heavy atom. The molecule has 0 aromatic heterocycles. The Kier molecular flexibility index (Phi) is 9.26. The molecule has 11 nitrogen and oxygen atoms in total. The number of carbonyl (C=O) groups excluding carboxylic acids is 5. The van der Waals surface area contributed by atoms with Gasteiger partial charge in [-0.3, -0.25) is 9.59 Å². The lowest BCUT2D eigenvalue weighted by Gasteiger charge is -2.25. The van der Waals surface area contributed by atoms with Crippen LogP contribution in [0.2, 0.25) is 0 Å². The molecular weight excluding hydrogens is 530 g/mol. The number of benzene rings is 2. The van der Waals surface area contributed by atoms with Crippen LogP contribution >= 0.6 is 0 Å². The Hall–Kier alpha value is -4.41. The first-order valence-corrected chi connectivity index (χ1v) is 13.5. The van der Waals surface area contributed by atoms with E-state index in [1.165, 1.54) is 4.90 Å². The van der Waals surface area contributed by atoms with E-state index >= 15 is 0 Å². The first-order chi connectivity index (χ1) is 19.5. The highest BCUT2D eigenvalue weighted by molar-refractivity contribution is 6.03. The number of amides is 3. The number of nitrogens with one attached hydrogen (secondary N) is 1. The SMILES string of the molecule is CC(C)(C)OC(=O)NCC(=O)N1CCC[C@H]1C(=O)N1[C@H](C(=O)OCc2ccccc2)[C@H]1C(=O)OCc1ccccc1. The van der Waals surface area contributed by atoms with Crippen molar-refractivity contribution in [2.45, 2.75) is 70.6 Å². The number of esters is 2. The monoisotopic (exact) mass is 565 g/mol. The van der Waals surface area contributed by atoms with E-state index in [0.717, 1.165) is 16.0 Å². The molecule has 0 radical (unpaired) electrons. The summed E-state index contributed by atoms with van der Waals surface area (Å²) in [5.41, 5.74) is 0.785. The van der Waals surface area contributed by atoms with Crippen molar-refractivity contribution < 1.29 is 38.2 Å². The number of ether oxygens (including phenoxy) is 3. The molecule has 0 bridgehead atoms. The predicted molar refractivity (Wildman–Crippen MR) is 146 cm³/mol. The fraction of sp³-hybridized carbons (Fsp3) is 0.433. The summed E-state index contributed by atoms with van der Waals surface area (Å²) >= 11 is 0. The van der Waals surface area contributed by atoms with Crippen molar-refractivity contribution in [2.24, 2.45) is 0 Å². The summed E-state index contributed by atoms with van der Waals surface area (Å²) in [6.45, 7) is 5.01. The largest absolute Gasteiger partial charge is 0.459 e. The normalized spacial score (nSPS) is 19.7. The molecule has 0 spiro atoms. The molecule has 2 fully saturated rings. The zero-order valence-electron chi connectivity index (χ0n) is 23.4. The Morgan fingerprint density at radius 3 is 1.83 bits per heavy atom. The third-order valence-corrected chi connectivity index (χ3v) is 6.64. The summed E-state index contributed by atoms with van der Waals surface area (Å²) in [6, 6.07) is 14.9. The van der Waals surface area contributed by atoms with Crippen LogP contribution in [0.25, 0.3) is 0 Å². The highest BCUT2D eigenvalue weighted by Gasteiger charge is 2.63. The van der Waals surface area contributed by atoms with Crippen LogP contribution in [-0.2, 0) is 46.6 Å². The van der Waals surface area contributed by atoms with Gasteiger partial charge in [-0.25, -0.2) is 14.4 Å². The van der Waals surface area contributed by atoms with E-state index in [0.29, 0.717) is 19.4 Å². The summed E-state index contributed by atoms with van der Waals surface area (Å²) in [7, 11) is 0. The first kappa shape index (κ1) is 29.6. The van der Waals surface area contributed by atoms with Crippen LogP contribution in [0.15, 0.2) is 60.7 Å². The van der Waals surface area contributed by atoms with Crippen molar-refractivity contribution >= 4 is 29.8 Å². The third kappa shape index (κ3) is 7.84. The molecule has 3 amide bonds. The maximum Gasteiger partial charge on any atom is 0.408 e. The van der Waals surface area contributed by atoms with Crippen LogP contribution in [0, 0.1) is 0 Å². The zero-order valence-corrected chi connectivity index (χ0v) is 23.4. The van der Waals surface area contributed by atoms with Gasteiger partial charge in [0.25, 0.3) is 0 Å². The minimum absolute atomic E-state index is 0.0195. The topological polar surface area (TPSA) is 131 Å². The summed E-state index contributed by atoms with van der Waals surface area (Å²) in [5.74, 6) is -2.48. The molecule has 2 aromatic rings. The minimum Gasteiger partial charge on any atom is -0.459 e. The molecule has 2 heterocycles. The van der Waals surface area contributed by atoms with Gasteiger partial charge in [0.2, 0.25) is 11.8 Å². The van der Waals surface area contributed by atoms with E-state index in [1.807, 2.05) is 36.4 Å². The quantitative estimate of drug-likeness (QED) is 0.279. The molecule has 2 aliphatic heterocycles. The average Bonchev–Trinajstić information content (AvgIpc) is 3.51. The number of alkyl carbamates (subject to hydrolysis) is 1. The van der Waals surface area contributed by atoms with Gasteiger partial charge < -0.3 is 29.3 Å². The van der Waals surface area contributed by atoms with Gasteiger partial charge in [0, 0.05) is 6.54 Å². The van der Waals surface area contributed by atoms with E-state index in [4.69, 9.17) is 14.2 Å². The fourth-order valence-electron chi connectivity index (χ4n) is 4.68. The summed E-state index contributed by atoms with van der Waals surface area (Å²) in [4.78, 5) is 67.1. The molecule has 0 aliphatic carbocycles. The van der Waals surface area contributed by atoms with E-state index in [9.17, 15) is 24.0 Å². The maximum atomic E-state index is 13.6. The van der Waals surface area contributed by atoms with Crippen molar-refractivity contribution in [1.82, 2.24) is 15.1 Å². The highest BCUT2D eigenvalue weighted by Crippen LogP contribution is 2.35. The van der Waals surface area contributed by atoms with E-state index in [-0.39, 0.29) is 19.8 Å². The highest BCUT2D eigenvalue weighted by atomic mass is 16.6. The van der Waals surface area contributed by atoms with Gasteiger partial charge in [-0.15, -0.1) is 0 Å². The van der Waals surface area contributed by atoms with E-state index in [1.54, 1.807) is 45.0 Å². The Morgan fingerprint density at radius 2 is 1.34 bits per heavy atom. The lowest BCUT2D eigenvalue weighted by atomic mass is 10.2. The van der Waals surface area contributed by atoms with Crippen LogP contribution in [0.1, 0.15) is 44.7 Å². The Labute approximate surface area is 238 Å². The van der Waals surface area contributed by atoms with Gasteiger partial charge in [-0.05, 0) is 44.7 Å². The van der Waals surface area contributed by atoms with Crippen molar-refractivity contribution in [3.8, 4) is 0 Å². The number of hydrogen-bond donors (Lipinski definition) is 1. The number of likely N-dealkylation sites (tertiary alicyclic amines) is 1. The van der Waals surface area contributed by atoms with E-state index < -0.39 is 53.6 Å². The molecule has 0 saturated carbocycles. The minimum atomic E-state index is -1.16. The van der Waals surface area contributed by atoms with Gasteiger partial charge in [-0.2, -0.15) is 0 Å². The molecule has 2 aromatic carbocycles. The summed E-state index contributed by atoms with van der Waals surface area (Å²) in [5, 5.41) is 2.41. The predicted octanol–water partition coefficient (Wildman–Crippen LogP) is 2.57. The van der Waals surface area contributed by atoms with Gasteiger partial charge in [0.1, 0.15) is 31.4 Å². The molecule has 1 N–H and O–H groups in total. The van der Waals surface area contributed by atoms with Crippen LogP contribution in [0.5, 0.6) is 0 Å². The molecule has 4 rings (SSSR count). The zero-order chi connectivity index (χ0) is 29.6. The lowest BCUT2D eigenvalue weighted by molar-refractivity contribution is -0.148. The van der Waals surface area contributed by atoms with Crippen molar-refractivity contribution in [3.05, 3.63) is 71.8 Å². The molecule has 41 heavy (non-hydrogen) atoms. The maximum absolute atomic E-state index is 13.6. The molecule has 3 atom stereocenters. The summed E-state index contributed by atoms with van der Waals surface area (Å²) in [6.07, 6.45) is 0.154. The lowest BCUT2D eigenvalue weighted by Crippen LogP contribution is -2.48. The van der Waals surface area contributed by atoms with E-state index in [2.05, 4.69) is 5.32 Å². The van der Waals surface area contributed by atoms with Gasteiger partial charge in [-0.1, -0.05) is 60.7 Å². The standard InChI is InChI=1S/C30H35N3O8/c1-30(2,3)41-29(38)31-17-23(34)32-16-10-15-22(32)26(35)33-24(27(36)39-18-20-11-6-4-7-12-20)25(33)28(37)40-19-21-13-8-5-9-14-21/h4-9,11-14,22,24-25H,10,15-19H2,1-3H3,(H,31,38)/t22-,24-,25-/m0/s1. The fourth-order valence-corrected chi connectivity index (χ4v) is 4.68. The second kappa shape index (κ2) is 12.8. The molecule has 2 aliphatic rings. The van der Waals surface area contributed by atoms with Crippen LogP contribution in [0.4, 0.5) is 4.79 Å². The second-order valence-corrected chi connectivity index (χ2v) is 10.9. The third-order valence-electron chi connectivity index (χ3n) is 6.64. The first-order valence-electron chi connectivity index (χ1n) is 13.5. The smallest absolute Gasteiger partial charge is 0.408 e. The Balaban J connectivity index is 1.42.